The number of anilines is 2. The SMILES string of the molecule is C\C(=C/C=C(C)/C1=C/C=C\C/C=C\C=C/C1)C1=CCC=C(N(c2cccc(-c3cccc4c3c3ccccc3n4-c3ccccc3)c2)c2ccc3c(ccc4ccccc43)c2)C=C1. The van der Waals surface area contributed by atoms with Crippen LogP contribution in [0.3, 0.4) is 0 Å². The molecule has 1 aromatic heterocycles. The van der Waals surface area contributed by atoms with Crippen LogP contribution in [-0.2, 0) is 0 Å². The first-order chi connectivity index (χ1) is 31.1. The summed E-state index contributed by atoms with van der Waals surface area (Å²) in [6, 6.07) is 55.4. The fourth-order valence-electron chi connectivity index (χ4n) is 9.18. The smallest absolute Gasteiger partial charge is 0.0547 e. The number of rotatable bonds is 8. The lowest BCUT2D eigenvalue weighted by molar-refractivity contribution is 1.18. The zero-order valence-corrected chi connectivity index (χ0v) is 36.0. The summed E-state index contributed by atoms with van der Waals surface area (Å²) in [6.45, 7) is 4.44. The third kappa shape index (κ3) is 8.00. The number of hydrogen-bond donors (Lipinski definition) is 0. The zero-order valence-electron chi connectivity index (χ0n) is 36.0. The molecule has 1 heterocycles. The Bertz CT molecular complexity index is 3320. The Kier molecular flexibility index (Phi) is 11.1. The van der Waals surface area contributed by atoms with E-state index in [1.54, 1.807) is 0 Å². The molecule has 0 atom stereocenters. The van der Waals surface area contributed by atoms with Gasteiger partial charge >= 0.3 is 0 Å². The van der Waals surface area contributed by atoms with Gasteiger partial charge in [-0.15, -0.1) is 0 Å². The summed E-state index contributed by atoms with van der Waals surface area (Å²) in [5, 5.41) is 7.51. The second-order valence-electron chi connectivity index (χ2n) is 16.4. The molecule has 7 aromatic carbocycles. The molecule has 0 saturated heterocycles. The Balaban J connectivity index is 1.05. The molecule has 0 bridgehead atoms. The minimum absolute atomic E-state index is 0.812. The molecule has 0 spiro atoms. The molecule has 304 valence electrons. The molecule has 0 aliphatic heterocycles. The van der Waals surface area contributed by atoms with Crippen molar-refractivity contribution in [1.82, 2.24) is 4.57 Å². The van der Waals surface area contributed by atoms with Crippen molar-refractivity contribution in [2.24, 2.45) is 0 Å². The average molecular weight is 811 g/mol. The summed E-state index contributed by atoms with van der Waals surface area (Å²) < 4.78 is 2.40. The number of fused-ring (bicyclic) bond motifs is 6. The van der Waals surface area contributed by atoms with Crippen molar-refractivity contribution < 1.29 is 0 Å². The van der Waals surface area contributed by atoms with E-state index in [1.165, 1.54) is 76.8 Å². The molecular weight excluding hydrogens is 761 g/mol. The summed E-state index contributed by atoms with van der Waals surface area (Å²) in [5.74, 6) is 0. The zero-order chi connectivity index (χ0) is 42.5. The molecule has 2 aliphatic rings. The summed E-state index contributed by atoms with van der Waals surface area (Å²) in [4.78, 5) is 2.43. The van der Waals surface area contributed by atoms with E-state index in [1.807, 2.05) is 0 Å². The summed E-state index contributed by atoms with van der Waals surface area (Å²) in [6.07, 6.45) is 31.9. The van der Waals surface area contributed by atoms with Crippen LogP contribution in [0, 0.1) is 0 Å². The monoisotopic (exact) mass is 810 g/mol. The lowest BCUT2D eigenvalue weighted by Crippen LogP contribution is -2.15. The molecule has 0 amide bonds. The van der Waals surface area contributed by atoms with Gasteiger partial charge in [0.15, 0.2) is 0 Å². The number of aromatic nitrogens is 1. The first kappa shape index (κ1) is 39.5. The predicted molar refractivity (Wildman–Crippen MR) is 272 cm³/mol. The lowest BCUT2D eigenvalue weighted by Gasteiger charge is -2.27. The van der Waals surface area contributed by atoms with Crippen molar-refractivity contribution in [2.45, 2.75) is 33.1 Å². The van der Waals surface area contributed by atoms with Gasteiger partial charge in [0.05, 0.1) is 11.0 Å². The highest BCUT2D eigenvalue weighted by Gasteiger charge is 2.19. The normalized spacial score (nSPS) is 17.2. The Labute approximate surface area is 371 Å². The molecule has 0 N–H and O–H groups in total. The summed E-state index contributed by atoms with van der Waals surface area (Å²) in [7, 11) is 0. The largest absolute Gasteiger partial charge is 0.311 e. The molecule has 2 aliphatic carbocycles. The second-order valence-corrected chi connectivity index (χ2v) is 16.4. The van der Waals surface area contributed by atoms with Crippen molar-refractivity contribution in [2.75, 3.05) is 4.90 Å². The van der Waals surface area contributed by atoms with Crippen LogP contribution in [0.15, 0.2) is 259 Å². The minimum atomic E-state index is 0.812. The predicted octanol–water partition coefficient (Wildman–Crippen LogP) is 16.9. The number of nitrogens with zero attached hydrogens (tertiary/aromatic N) is 2. The van der Waals surface area contributed by atoms with Crippen LogP contribution in [0.5, 0.6) is 0 Å². The number of hydrogen-bond acceptors (Lipinski definition) is 1. The highest BCUT2D eigenvalue weighted by Crippen LogP contribution is 2.42. The maximum Gasteiger partial charge on any atom is 0.0547 e. The topological polar surface area (TPSA) is 8.17 Å². The Morgan fingerprint density at radius 2 is 1.27 bits per heavy atom. The van der Waals surface area contributed by atoms with E-state index in [4.69, 9.17) is 0 Å². The Morgan fingerprint density at radius 3 is 2.19 bits per heavy atom. The van der Waals surface area contributed by atoms with Gasteiger partial charge in [-0.05, 0) is 143 Å². The van der Waals surface area contributed by atoms with Crippen molar-refractivity contribution in [3.63, 3.8) is 0 Å². The van der Waals surface area contributed by atoms with Gasteiger partial charge in [-0.3, -0.25) is 0 Å². The van der Waals surface area contributed by atoms with Gasteiger partial charge in [-0.2, -0.15) is 0 Å². The number of benzene rings is 7. The van der Waals surface area contributed by atoms with Gasteiger partial charge in [-0.25, -0.2) is 0 Å². The van der Waals surface area contributed by atoms with Gasteiger partial charge in [0.1, 0.15) is 0 Å². The molecule has 2 nitrogen and oxygen atoms in total. The van der Waals surface area contributed by atoms with Crippen LogP contribution in [0.25, 0.3) is 60.2 Å². The molecule has 8 aromatic rings. The van der Waals surface area contributed by atoms with Crippen LogP contribution in [0.2, 0.25) is 0 Å². The van der Waals surface area contributed by atoms with Crippen LogP contribution < -0.4 is 4.90 Å². The quantitative estimate of drug-likeness (QED) is 0.110. The Hall–Kier alpha value is -7.68. The van der Waals surface area contributed by atoms with E-state index in [0.29, 0.717) is 0 Å². The van der Waals surface area contributed by atoms with Gasteiger partial charge in [0.2, 0.25) is 0 Å². The molecule has 2 heteroatoms. The van der Waals surface area contributed by atoms with E-state index in [9.17, 15) is 0 Å². The maximum atomic E-state index is 2.43. The average Bonchev–Trinajstić information content (AvgIpc) is 3.48. The van der Waals surface area contributed by atoms with E-state index in [-0.39, 0.29) is 0 Å². The lowest BCUT2D eigenvalue weighted by atomic mass is 9.98. The first-order valence-electron chi connectivity index (χ1n) is 22.1. The standard InChI is InChI=1S/C61H50N2/c1-44(46-20-9-6-4-3-5-7-10-21-46)34-35-45(2)47-23-17-27-52(39-38-47)62(54-40-41-56-50(43-54)37-36-48-22-13-14-29-55(48)56)53-28-18-24-49(42-53)57-31-19-33-60-61(57)58-30-15-16-32-59(58)63(60)51-25-11-8-12-26-51/h3-4,6-16,18-19,21-43H,5,17,20H2,1-2H3/b4-3-,9-6-,10-7-,44-34+,45-35+,46-21+. The van der Waals surface area contributed by atoms with Gasteiger partial charge in [-0.1, -0.05) is 176 Å². The highest BCUT2D eigenvalue weighted by atomic mass is 15.1. The van der Waals surface area contributed by atoms with Crippen LogP contribution in [-0.4, -0.2) is 4.57 Å². The molecule has 0 fully saturated rings. The molecule has 0 saturated carbocycles. The van der Waals surface area contributed by atoms with Crippen molar-refractivity contribution >= 4 is 54.7 Å². The van der Waals surface area contributed by atoms with Gasteiger partial charge in [0, 0.05) is 33.5 Å². The third-order valence-corrected chi connectivity index (χ3v) is 12.4. The molecule has 10 rings (SSSR count). The van der Waals surface area contributed by atoms with E-state index in [2.05, 4.69) is 254 Å². The van der Waals surface area contributed by atoms with E-state index in [0.717, 1.165) is 42.0 Å². The van der Waals surface area contributed by atoms with Crippen LogP contribution in [0.4, 0.5) is 11.4 Å². The highest BCUT2D eigenvalue weighted by molar-refractivity contribution is 6.16. The van der Waals surface area contributed by atoms with Crippen LogP contribution >= 0.6 is 0 Å². The maximum absolute atomic E-state index is 2.43. The van der Waals surface area contributed by atoms with E-state index < -0.39 is 0 Å². The number of para-hydroxylation sites is 2. The fourth-order valence-corrected chi connectivity index (χ4v) is 9.18. The van der Waals surface area contributed by atoms with Crippen molar-refractivity contribution in [3.8, 4) is 16.8 Å². The molecular formula is C61H50N2. The summed E-state index contributed by atoms with van der Waals surface area (Å²) >= 11 is 0. The third-order valence-electron chi connectivity index (χ3n) is 12.4. The van der Waals surface area contributed by atoms with Crippen molar-refractivity contribution in [3.05, 3.63) is 259 Å². The van der Waals surface area contributed by atoms with Crippen LogP contribution in [0.1, 0.15) is 33.1 Å². The van der Waals surface area contributed by atoms with Gasteiger partial charge < -0.3 is 9.47 Å². The van der Waals surface area contributed by atoms with E-state index >= 15 is 0 Å². The number of allylic oxidation sites excluding steroid dienone is 17. The molecule has 0 radical (unpaired) electrons. The second kappa shape index (κ2) is 17.7. The molecule has 0 unspecified atom stereocenters. The molecule has 63 heavy (non-hydrogen) atoms. The Morgan fingerprint density at radius 1 is 0.540 bits per heavy atom. The summed E-state index contributed by atoms with van der Waals surface area (Å²) in [5.41, 5.74) is 14.4. The van der Waals surface area contributed by atoms with Gasteiger partial charge in [0.25, 0.3) is 0 Å². The van der Waals surface area contributed by atoms with Crippen molar-refractivity contribution in [1.29, 1.82) is 0 Å². The minimum Gasteiger partial charge on any atom is -0.311 e. The first-order valence-corrected chi connectivity index (χ1v) is 22.1. The fraction of sp³-hybridized carbons (Fsp3) is 0.0820.